The molecule has 2 aliphatic heterocycles. The second-order valence-corrected chi connectivity index (χ2v) is 8.17. The predicted octanol–water partition coefficient (Wildman–Crippen LogP) is 2.47. The molecule has 132 valence electrons. The van der Waals surface area contributed by atoms with Crippen LogP contribution in [-0.4, -0.2) is 67.3 Å². The van der Waals surface area contributed by atoms with Gasteiger partial charge in [0.1, 0.15) is 6.17 Å². The van der Waals surface area contributed by atoms with E-state index < -0.39 is 6.17 Å². The zero-order chi connectivity index (χ0) is 16.6. The monoisotopic (exact) mass is 326 g/mol. The fourth-order valence-electron chi connectivity index (χ4n) is 4.72. The number of amides is 1. The maximum atomic E-state index is 13.0. The summed E-state index contributed by atoms with van der Waals surface area (Å²) in [4.78, 5) is 17.0. The van der Waals surface area contributed by atoms with Crippen molar-refractivity contribution < 1.29 is 13.9 Å². The number of methoxy groups -OCH3 is 1. The third-order valence-electron chi connectivity index (χ3n) is 6.24. The predicted molar refractivity (Wildman–Crippen MR) is 88.0 cm³/mol. The minimum absolute atomic E-state index is 0.0453. The van der Waals surface area contributed by atoms with Crippen LogP contribution < -0.4 is 0 Å². The molecule has 0 bridgehead atoms. The number of ether oxygens (including phenoxy) is 1. The number of alkyl halides is 1. The SMILES string of the molecule is COC[C@H]1CC2(CCN(C(=O)C3CC(F)C3)CC2)CN1C(C)C. The van der Waals surface area contributed by atoms with E-state index in [1.807, 2.05) is 4.90 Å². The van der Waals surface area contributed by atoms with Gasteiger partial charge in [0.05, 0.1) is 6.61 Å². The molecule has 0 aromatic heterocycles. The Kier molecular flexibility index (Phi) is 4.98. The van der Waals surface area contributed by atoms with Crippen LogP contribution in [0, 0.1) is 11.3 Å². The first-order valence-corrected chi connectivity index (χ1v) is 9.12. The van der Waals surface area contributed by atoms with Crippen molar-refractivity contribution in [3.63, 3.8) is 0 Å². The maximum Gasteiger partial charge on any atom is 0.225 e. The lowest BCUT2D eigenvalue weighted by Crippen LogP contribution is -2.49. The number of carbonyl (C=O) groups is 1. The molecule has 3 rings (SSSR count). The molecule has 1 spiro atoms. The molecule has 0 N–H and O–H groups in total. The summed E-state index contributed by atoms with van der Waals surface area (Å²) < 4.78 is 18.4. The first kappa shape index (κ1) is 17.2. The van der Waals surface area contributed by atoms with Crippen LogP contribution in [0.1, 0.15) is 46.0 Å². The van der Waals surface area contributed by atoms with E-state index in [0.29, 0.717) is 30.3 Å². The van der Waals surface area contributed by atoms with Crippen LogP contribution >= 0.6 is 0 Å². The van der Waals surface area contributed by atoms with Gasteiger partial charge in [-0.25, -0.2) is 4.39 Å². The van der Waals surface area contributed by atoms with Crippen molar-refractivity contribution in [1.82, 2.24) is 9.80 Å². The number of hydrogen-bond donors (Lipinski definition) is 0. The second-order valence-electron chi connectivity index (χ2n) is 8.17. The molecule has 1 atom stereocenters. The number of nitrogens with zero attached hydrogens (tertiary/aromatic N) is 2. The lowest BCUT2D eigenvalue weighted by molar-refractivity contribution is -0.142. The average molecular weight is 326 g/mol. The molecule has 5 heteroatoms. The first-order valence-electron chi connectivity index (χ1n) is 9.12. The van der Waals surface area contributed by atoms with Crippen molar-refractivity contribution in [2.45, 2.75) is 64.2 Å². The number of halogens is 1. The molecule has 4 nitrogen and oxygen atoms in total. The normalized spacial score (nSPS) is 34.1. The molecule has 1 amide bonds. The topological polar surface area (TPSA) is 32.8 Å². The summed E-state index contributed by atoms with van der Waals surface area (Å²) in [5.41, 5.74) is 0.340. The molecule has 23 heavy (non-hydrogen) atoms. The van der Waals surface area contributed by atoms with E-state index in [1.165, 1.54) is 6.42 Å². The van der Waals surface area contributed by atoms with E-state index in [1.54, 1.807) is 7.11 Å². The number of carbonyl (C=O) groups excluding carboxylic acids is 1. The molecule has 3 aliphatic rings. The lowest BCUT2D eigenvalue weighted by Gasteiger charge is -2.42. The Morgan fingerprint density at radius 2 is 1.96 bits per heavy atom. The van der Waals surface area contributed by atoms with Gasteiger partial charge in [-0.05, 0) is 51.4 Å². The van der Waals surface area contributed by atoms with Crippen LogP contribution in [0.2, 0.25) is 0 Å². The van der Waals surface area contributed by atoms with Gasteiger partial charge < -0.3 is 9.64 Å². The summed E-state index contributed by atoms with van der Waals surface area (Å²) in [6.07, 6.45) is 3.47. The van der Waals surface area contributed by atoms with Crippen LogP contribution in [0.25, 0.3) is 0 Å². The van der Waals surface area contributed by atoms with Gasteiger partial charge in [0.15, 0.2) is 0 Å². The molecule has 2 saturated heterocycles. The summed E-state index contributed by atoms with van der Waals surface area (Å²) in [5.74, 6) is 0.150. The zero-order valence-corrected chi connectivity index (χ0v) is 14.8. The molecule has 1 aliphatic carbocycles. The Hall–Kier alpha value is -0.680. The number of hydrogen-bond acceptors (Lipinski definition) is 3. The number of likely N-dealkylation sites (tertiary alicyclic amines) is 2. The van der Waals surface area contributed by atoms with Gasteiger partial charge in [0, 0.05) is 44.7 Å². The molecule has 0 aromatic carbocycles. The van der Waals surface area contributed by atoms with Crippen molar-refractivity contribution in [3.05, 3.63) is 0 Å². The highest BCUT2D eigenvalue weighted by Crippen LogP contribution is 2.44. The molecule has 0 aromatic rings. The van der Waals surface area contributed by atoms with Gasteiger partial charge >= 0.3 is 0 Å². The van der Waals surface area contributed by atoms with Crippen LogP contribution in [0.15, 0.2) is 0 Å². The van der Waals surface area contributed by atoms with Crippen molar-refractivity contribution in [2.24, 2.45) is 11.3 Å². The highest BCUT2D eigenvalue weighted by atomic mass is 19.1. The van der Waals surface area contributed by atoms with Crippen LogP contribution in [0.5, 0.6) is 0 Å². The fourth-order valence-corrected chi connectivity index (χ4v) is 4.72. The fraction of sp³-hybridized carbons (Fsp3) is 0.944. The summed E-state index contributed by atoms with van der Waals surface area (Å²) in [5, 5.41) is 0. The van der Waals surface area contributed by atoms with E-state index >= 15 is 0 Å². The molecule has 1 saturated carbocycles. The number of rotatable bonds is 4. The van der Waals surface area contributed by atoms with Crippen LogP contribution in [0.3, 0.4) is 0 Å². The Morgan fingerprint density at radius 1 is 1.30 bits per heavy atom. The molecule has 0 radical (unpaired) electrons. The largest absolute Gasteiger partial charge is 0.383 e. The Morgan fingerprint density at radius 3 is 2.48 bits per heavy atom. The standard InChI is InChI=1S/C18H31FN2O2/c1-13(2)21-12-18(10-16(21)11-23-3)4-6-20(7-5-18)17(22)14-8-15(19)9-14/h13-16H,4-12H2,1-3H3/t14?,15?,16-/m1/s1. The maximum absolute atomic E-state index is 13.0. The minimum atomic E-state index is -0.746. The Balaban J connectivity index is 1.56. The molecule has 0 unspecified atom stereocenters. The average Bonchev–Trinajstić information content (AvgIpc) is 2.83. The van der Waals surface area contributed by atoms with Gasteiger partial charge in [-0.2, -0.15) is 0 Å². The molecule has 2 heterocycles. The highest BCUT2D eigenvalue weighted by Gasteiger charge is 2.47. The van der Waals surface area contributed by atoms with Gasteiger partial charge in [-0.3, -0.25) is 9.69 Å². The van der Waals surface area contributed by atoms with Gasteiger partial charge in [0.2, 0.25) is 5.91 Å². The van der Waals surface area contributed by atoms with E-state index in [9.17, 15) is 9.18 Å². The quantitative estimate of drug-likeness (QED) is 0.796. The van der Waals surface area contributed by atoms with E-state index in [-0.39, 0.29) is 11.8 Å². The van der Waals surface area contributed by atoms with E-state index in [4.69, 9.17) is 4.74 Å². The number of piperidine rings is 1. The summed E-state index contributed by atoms with van der Waals surface area (Å²) >= 11 is 0. The third kappa shape index (κ3) is 3.41. The van der Waals surface area contributed by atoms with Crippen molar-refractivity contribution in [1.29, 1.82) is 0 Å². The summed E-state index contributed by atoms with van der Waals surface area (Å²) in [6.45, 7) is 8.11. The lowest BCUT2D eigenvalue weighted by atomic mass is 9.75. The van der Waals surface area contributed by atoms with Crippen LogP contribution in [0.4, 0.5) is 4.39 Å². The van der Waals surface area contributed by atoms with E-state index in [0.717, 1.165) is 39.1 Å². The van der Waals surface area contributed by atoms with Crippen molar-refractivity contribution in [2.75, 3.05) is 33.4 Å². The minimum Gasteiger partial charge on any atom is -0.383 e. The van der Waals surface area contributed by atoms with Crippen LogP contribution in [-0.2, 0) is 9.53 Å². The molecular formula is C18H31FN2O2. The smallest absolute Gasteiger partial charge is 0.225 e. The highest BCUT2D eigenvalue weighted by molar-refractivity contribution is 5.80. The van der Waals surface area contributed by atoms with Gasteiger partial charge in [0.25, 0.3) is 0 Å². The van der Waals surface area contributed by atoms with Gasteiger partial charge in [-0.15, -0.1) is 0 Å². The second kappa shape index (κ2) is 6.67. The van der Waals surface area contributed by atoms with Crippen molar-refractivity contribution in [3.8, 4) is 0 Å². The summed E-state index contributed by atoms with van der Waals surface area (Å²) in [6, 6.07) is 1.03. The van der Waals surface area contributed by atoms with Crippen molar-refractivity contribution >= 4 is 5.91 Å². The Bertz CT molecular complexity index is 429. The zero-order valence-electron chi connectivity index (χ0n) is 14.8. The van der Waals surface area contributed by atoms with Gasteiger partial charge in [-0.1, -0.05) is 0 Å². The van der Waals surface area contributed by atoms with E-state index in [2.05, 4.69) is 18.7 Å². The molecular weight excluding hydrogens is 295 g/mol. The first-order chi connectivity index (χ1) is 10.9. The third-order valence-corrected chi connectivity index (χ3v) is 6.24. The summed E-state index contributed by atoms with van der Waals surface area (Å²) in [7, 11) is 1.78. The Labute approximate surface area is 139 Å². The molecule has 3 fully saturated rings.